The minimum absolute atomic E-state index is 0.106. The van der Waals surface area contributed by atoms with Crippen molar-refractivity contribution in [2.75, 3.05) is 26.9 Å². The highest BCUT2D eigenvalue weighted by Gasteiger charge is 2.19. The molecule has 116 valence electrons. The topological polar surface area (TPSA) is 56.8 Å². The first-order valence-electron chi connectivity index (χ1n) is 7.05. The highest BCUT2D eigenvalue weighted by Crippen LogP contribution is 2.36. The largest absolute Gasteiger partial charge is 0.493 e. The second kappa shape index (κ2) is 7.52. The number of rotatable bonds is 6. The molecule has 0 saturated carbocycles. The van der Waals surface area contributed by atoms with Gasteiger partial charge in [0.15, 0.2) is 11.5 Å². The van der Waals surface area contributed by atoms with Crippen molar-refractivity contribution in [3.8, 4) is 11.5 Å². The first-order chi connectivity index (χ1) is 10.2. The maximum absolute atomic E-state index is 12.2. The van der Waals surface area contributed by atoms with E-state index >= 15 is 0 Å². The van der Waals surface area contributed by atoms with E-state index in [2.05, 4.69) is 5.32 Å². The minimum atomic E-state index is -0.200. The van der Waals surface area contributed by atoms with Gasteiger partial charge in [0.25, 0.3) is 5.91 Å². The molecule has 1 N–H and O–H groups in total. The molecule has 5 nitrogen and oxygen atoms in total. The summed E-state index contributed by atoms with van der Waals surface area (Å²) in [5, 5.41) is 3.21. The zero-order chi connectivity index (χ0) is 15.2. The summed E-state index contributed by atoms with van der Waals surface area (Å²) in [5.74, 6) is 0.706. The number of hydrogen-bond donors (Lipinski definition) is 1. The number of nitrogens with one attached hydrogen (secondary N) is 1. The maximum Gasteiger partial charge on any atom is 0.251 e. The average Bonchev–Trinajstić information content (AvgIpc) is 3.00. The van der Waals surface area contributed by atoms with E-state index < -0.39 is 0 Å². The Bertz CT molecular complexity index is 501. The molecule has 1 amide bonds. The van der Waals surface area contributed by atoms with Gasteiger partial charge in [-0.15, -0.1) is 0 Å². The van der Waals surface area contributed by atoms with Crippen LogP contribution in [0.25, 0.3) is 0 Å². The fourth-order valence-electron chi connectivity index (χ4n) is 2.25. The van der Waals surface area contributed by atoms with E-state index in [-0.39, 0.29) is 12.0 Å². The molecule has 1 aromatic carbocycles. The van der Waals surface area contributed by atoms with Crippen LogP contribution in [0.5, 0.6) is 11.5 Å². The number of benzene rings is 1. The second-order valence-electron chi connectivity index (χ2n) is 4.77. The molecule has 1 saturated heterocycles. The van der Waals surface area contributed by atoms with Crippen LogP contribution < -0.4 is 14.8 Å². The van der Waals surface area contributed by atoms with Crippen LogP contribution in [0.3, 0.4) is 0 Å². The van der Waals surface area contributed by atoms with Crippen molar-refractivity contribution in [3.05, 3.63) is 22.7 Å². The number of carbonyl (C=O) groups is 1. The second-order valence-corrected chi connectivity index (χ2v) is 5.17. The number of hydrogen-bond acceptors (Lipinski definition) is 4. The summed E-state index contributed by atoms with van der Waals surface area (Å²) in [6.07, 6.45) is 2.13. The van der Waals surface area contributed by atoms with E-state index in [4.69, 9.17) is 25.8 Å². The van der Waals surface area contributed by atoms with Crippen LogP contribution >= 0.6 is 11.6 Å². The van der Waals surface area contributed by atoms with E-state index in [1.807, 2.05) is 6.92 Å². The summed E-state index contributed by atoms with van der Waals surface area (Å²) in [6, 6.07) is 3.21. The first-order valence-corrected chi connectivity index (χ1v) is 7.43. The van der Waals surface area contributed by atoms with Gasteiger partial charge in [0, 0.05) is 18.7 Å². The van der Waals surface area contributed by atoms with Crippen LogP contribution in [-0.2, 0) is 4.74 Å². The van der Waals surface area contributed by atoms with Crippen LogP contribution in [0.4, 0.5) is 0 Å². The Morgan fingerprint density at radius 1 is 1.52 bits per heavy atom. The van der Waals surface area contributed by atoms with E-state index in [1.54, 1.807) is 12.1 Å². The van der Waals surface area contributed by atoms with Crippen molar-refractivity contribution < 1.29 is 19.0 Å². The van der Waals surface area contributed by atoms with Gasteiger partial charge in [0.1, 0.15) is 0 Å². The molecule has 1 aromatic rings. The van der Waals surface area contributed by atoms with Crippen molar-refractivity contribution in [3.63, 3.8) is 0 Å². The average molecular weight is 314 g/mol. The lowest BCUT2D eigenvalue weighted by molar-refractivity contribution is 0.0857. The van der Waals surface area contributed by atoms with Gasteiger partial charge in [0.05, 0.1) is 24.8 Å². The van der Waals surface area contributed by atoms with Gasteiger partial charge in [-0.1, -0.05) is 11.6 Å². The van der Waals surface area contributed by atoms with Crippen LogP contribution in [-0.4, -0.2) is 38.9 Å². The zero-order valence-corrected chi connectivity index (χ0v) is 13.0. The molecule has 0 bridgehead atoms. The van der Waals surface area contributed by atoms with Crippen molar-refractivity contribution in [1.29, 1.82) is 0 Å². The third-order valence-corrected chi connectivity index (χ3v) is 3.58. The number of halogens is 1. The summed E-state index contributed by atoms with van der Waals surface area (Å²) in [6.45, 7) is 3.61. The van der Waals surface area contributed by atoms with Crippen molar-refractivity contribution in [2.45, 2.75) is 25.9 Å². The van der Waals surface area contributed by atoms with Crippen LogP contribution in [0.1, 0.15) is 30.1 Å². The number of ether oxygens (including phenoxy) is 3. The van der Waals surface area contributed by atoms with Crippen LogP contribution in [0, 0.1) is 0 Å². The SMILES string of the molecule is CCOc1c(Cl)cc(C(=O)NC[C@H]2CCCO2)cc1OC. The smallest absolute Gasteiger partial charge is 0.251 e. The number of amides is 1. The molecular weight excluding hydrogens is 294 g/mol. The van der Waals surface area contributed by atoms with Gasteiger partial charge in [-0.25, -0.2) is 0 Å². The van der Waals surface area contributed by atoms with Crippen LogP contribution in [0.2, 0.25) is 5.02 Å². The molecule has 0 spiro atoms. The molecule has 1 heterocycles. The lowest BCUT2D eigenvalue weighted by Gasteiger charge is -2.14. The molecule has 1 aliphatic rings. The molecular formula is C15H20ClNO4. The Kier molecular flexibility index (Phi) is 5.70. The standard InChI is InChI=1S/C15H20ClNO4/c1-3-20-14-12(16)7-10(8-13(14)19-2)15(18)17-9-11-5-4-6-21-11/h7-8,11H,3-6,9H2,1-2H3,(H,17,18)/t11-/m1/s1. The van der Waals surface area contributed by atoms with Gasteiger partial charge in [-0.3, -0.25) is 4.79 Å². The fraction of sp³-hybridized carbons (Fsp3) is 0.533. The van der Waals surface area contributed by atoms with Gasteiger partial charge in [-0.2, -0.15) is 0 Å². The summed E-state index contributed by atoms with van der Waals surface area (Å²) >= 11 is 6.15. The molecule has 0 aromatic heterocycles. The Balaban J connectivity index is 2.07. The van der Waals surface area contributed by atoms with Crippen LogP contribution in [0.15, 0.2) is 12.1 Å². The maximum atomic E-state index is 12.2. The summed E-state index contributed by atoms with van der Waals surface area (Å²) in [4.78, 5) is 12.2. The molecule has 1 fully saturated rings. The molecule has 1 aliphatic heterocycles. The van der Waals surface area contributed by atoms with Gasteiger partial charge < -0.3 is 19.5 Å². The highest BCUT2D eigenvalue weighted by atomic mass is 35.5. The molecule has 0 aliphatic carbocycles. The predicted octanol–water partition coefficient (Wildman–Crippen LogP) is 2.66. The molecule has 21 heavy (non-hydrogen) atoms. The van der Waals surface area contributed by atoms with Crippen molar-refractivity contribution >= 4 is 17.5 Å². The Labute approximate surface area is 129 Å². The molecule has 1 atom stereocenters. The third-order valence-electron chi connectivity index (χ3n) is 3.29. The lowest BCUT2D eigenvalue weighted by atomic mass is 10.1. The molecule has 0 radical (unpaired) electrons. The monoisotopic (exact) mass is 313 g/mol. The number of methoxy groups -OCH3 is 1. The Morgan fingerprint density at radius 2 is 2.33 bits per heavy atom. The summed E-state index contributed by atoms with van der Waals surface area (Å²) < 4.78 is 16.1. The lowest BCUT2D eigenvalue weighted by Crippen LogP contribution is -2.31. The van der Waals surface area contributed by atoms with Crippen molar-refractivity contribution in [2.24, 2.45) is 0 Å². The molecule has 2 rings (SSSR count). The third kappa shape index (κ3) is 4.02. The zero-order valence-electron chi connectivity index (χ0n) is 12.3. The van der Waals surface area contributed by atoms with Crippen molar-refractivity contribution in [1.82, 2.24) is 5.32 Å². The summed E-state index contributed by atoms with van der Waals surface area (Å²) in [5.41, 5.74) is 0.443. The fourth-order valence-corrected chi connectivity index (χ4v) is 2.51. The van der Waals surface area contributed by atoms with E-state index in [0.29, 0.717) is 35.2 Å². The Morgan fingerprint density at radius 3 is 2.95 bits per heavy atom. The van der Waals surface area contributed by atoms with Gasteiger partial charge in [-0.05, 0) is 31.9 Å². The summed E-state index contributed by atoms with van der Waals surface area (Å²) in [7, 11) is 1.52. The highest BCUT2D eigenvalue weighted by molar-refractivity contribution is 6.32. The minimum Gasteiger partial charge on any atom is -0.493 e. The van der Waals surface area contributed by atoms with Gasteiger partial charge in [0.2, 0.25) is 0 Å². The normalized spacial score (nSPS) is 17.6. The van der Waals surface area contributed by atoms with E-state index in [0.717, 1.165) is 19.4 Å². The first kappa shape index (κ1) is 15.9. The number of carbonyl (C=O) groups excluding carboxylic acids is 1. The Hall–Kier alpha value is -1.46. The molecule has 6 heteroatoms. The van der Waals surface area contributed by atoms with Gasteiger partial charge >= 0.3 is 0 Å². The van der Waals surface area contributed by atoms with E-state index in [1.165, 1.54) is 7.11 Å². The van der Waals surface area contributed by atoms with E-state index in [9.17, 15) is 4.79 Å². The quantitative estimate of drug-likeness (QED) is 0.877. The predicted molar refractivity (Wildman–Crippen MR) is 80.5 cm³/mol. The molecule has 0 unspecified atom stereocenters.